The SMILES string of the molecule is CC(=O)c1ccc(OCC(=O)OCC(=O)NC[C@@H]2CCCO2)cc1. The van der Waals surface area contributed by atoms with E-state index >= 15 is 0 Å². The van der Waals surface area contributed by atoms with Crippen molar-refractivity contribution in [3.8, 4) is 5.75 Å². The molecule has 1 aromatic rings. The molecule has 0 unspecified atom stereocenters. The summed E-state index contributed by atoms with van der Waals surface area (Å²) < 4.78 is 15.4. The van der Waals surface area contributed by atoms with Crippen LogP contribution in [-0.2, 0) is 19.1 Å². The van der Waals surface area contributed by atoms with Gasteiger partial charge in [-0.15, -0.1) is 0 Å². The molecule has 2 rings (SSSR count). The molecule has 0 aliphatic carbocycles. The molecule has 1 fully saturated rings. The van der Waals surface area contributed by atoms with Gasteiger partial charge in [-0.25, -0.2) is 4.79 Å². The predicted molar refractivity (Wildman–Crippen MR) is 84.9 cm³/mol. The quantitative estimate of drug-likeness (QED) is 0.565. The molecule has 1 aliphatic heterocycles. The van der Waals surface area contributed by atoms with Gasteiger partial charge < -0.3 is 19.5 Å². The number of esters is 1. The molecule has 1 aromatic carbocycles. The summed E-state index contributed by atoms with van der Waals surface area (Å²) in [7, 11) is 0. The molecule has 1 atom stereocenters. The molecule has 0 spiro atoms. The van der Waals surface area contributed by atoms with E-state index in [0.29, 0.717) is 17.9 Å². The first-order valence-electron chi connectivity index (χ1n) is 7.82. The second-order valence-electron chi connectivity index (χ2n) is 5.47. The smallest absolute Gasteiger partial charge is 0.344 e. The van der Waals surface area contributed by atoms with Crippen molar-refractivity contribution in [2.24, 2.45) is 0 Å². The van der Waals surface area contributed by atoms with Crippen LogP contribution < -0.4 is 10.1 Å². The minimum Gasteiger partial charge on any atom is -0.482 e. The van der Waals surface area contributed by atoms with Crippen molar-refractivity contribution in [1.82, 2.24) is 5.32 Å². The van der Waals surface area contributed by atoms with Crippen LogP contribution in [0.15, 0.2) is 24.3 Å². The average molecular weight is 335 g/mol. The Kier molecular flexibility index (Phi) is 6.74. The Bertz CT molecular complexity index is 577. The lowest BCUT2D eigenvalue weighted by Gasteiger charge is -2.11. The van der Waals surface area contributed by atoms with Gasteiger partial charge in [-0.3, -0.25) is 9.59 Å². The number of amides is 1. The molecule has 0 radical (unpaired) electrons. The summed E-state index contributed by atoms with van der Waals surface area (Å²) in [6, 6.07) is 6.42. The predicted octanol–water partition coefficient (Wildman–Crippen LogP) is 1.11. The van der Waals surface area contributed by atoms with Gasteiger partial charge >= 0.3 is 5.97 Å². The van der Waals surface area contributed by atoms with Gasteiger partial charge in [0.1, 0.15) is 5.75 Å². The summed E-state index contributed by atoms with van der Waals surface area (Å²) >= 11 is 0. The molecule has 7 nitrogen and oxygen atoms in total. The van der Waals surface area contributed by atoms with Crippen molar-refractivity contribution in [1.29, 1.82) is 0 Å². The lowest BCUT2D eigenvalue weighted by atomic mass is 10.1. The number of hydrogen-bond donors (Lipinski definition) is 1. The van der Waals surface area contributed by atoms with Crippen molar-refractivity contribution in [2.75, 3.05) is 26.4 Å². The molecule has 130 valence electrons. The van der Waals surface area contributed by atoms with E-state index in [0.717, 1.165) is 19.4 Å². The van der Waals surface area contributed by atoms with Crippen LogP contribution in [0.25, 0.3) is 0 Å². The molecule has 1 saturated heterocycles. The largest absolute Gasteiger partial charge is 0.482 e. The van der Waals surface area contributed by atoms with Crippen molar-refractivity contribution < 1.29 is 28.6 Å². The average Bonchev–Trinajstić information content (AvgIpc) is 3.10. The third-order valence-electron chi connectivity index (χ3n) is 3.53. The fourth-order valence-electron chi connectivity index (χ4n) is 2.20. The van der Waals surface area contributed by atoms with Crippen molar-refractivity contribution in [3.63, 3.8) is 0 Å². The van der Waals surface area contributed by atoms with Crippen molar-refractivity contribution in [3.05, 3.63) is 29.8 Å². The van der Waals surface area contributed by atoms with Crippen LogP contribution in [0, 0.1) is 0 Å². The molecule has 1 aliphatic rings. The van der Waals surface area contributed by atoms with E-state index in [2.05, 4.69) is 5.32 Å². The number of Topliss-reactive ketones (excluding diaryl/α,β-unsaturated/α-hetero) is 1. The topological polar surface area (TPSA) is 90.9 Å². The fourth-order valence-corrected chi connectivity index (χ4v) is 2.20. The Morgan fingerprint density at radius 3 is 2.58 bits per heavy atom. The van der Waals surface area contributed by atoms with Crippen LogP contribution in [0.4, 0.5) is 0 Å². The van der Waals surface area contributed by atoms with Gasteiger partial charge in [-0.05, 0) is 44.0 Å². The monoisotopic (exact) mass is 335 g/mol. The van der Waals surface area contributed by atoms with E-state index in [1.807, 2.05) is 0 Å². The van der Waals surface area contributed by atoms with E-state index in [9.17, 15) is 14.4 Å². The maximum atomic E-state index is 11.6. The third kappa shape index (κ3) is 6.00. The summed E-state index contributed by atoms with van der Waals surface area (Å²) in [5.41, 5.74) is 0.563. The highest BCUT2D eigenvalue weighted by molar-refractivity contribution is 5.94. The Labute approximate surface area is 140 Å². The van der Waals surface area contributed by atoms with E-state index in [1.54, 1.807) is 24.3 Å². The van der Waals surface area contributed by atoms with Gasteiger partial charge in [-0.1, -0.05) is 0 Å². The van der Waals surface area contributed by atoms with Gasteiger partial charge in [0.25, 0.3) is 5.91 Å². The number of ketones is 1. The van der Waals surface area contributed by atoms with Gasteiger partial charge in [0.2, 0.25) is 0 Å². The minimum absolute atomic E-state index is 0.0463. The second kappa shape index (κ2) is 9.02. The zero-order chi connectivity index (χ0) is 17.4. The molecule has 0 aromatic heterocycles. The number of ether oxygens (including phenoxy) is 3. The summed E-state index contributed by atoms with van der Waals surface area (Å²) in [6.07, 6.45) is 1.97. The normalized spacial score (nSPS) is 16.5. The number of rotatable bonds is 8. The molecule has 24 heavy (non-hydrogen) atoms. The molecule has 0 bridgehead atoms. The van der Waals surface area contributed by atoms with Crippen LogP contribution in [0.1, 0.15) is 30.1 Å². The first kappa shape index (κ1) is 17.9. The molecule has 1 amide bonds. The fraction of sp³-hybridized carbons (Fsp3) is 0.471. The number of carbonyl (C=O) groups is 3. The van der Waals surface area contributed by atoms with Gasteiger partial charge in [0.05, 0.1) is 6.10 Å². The summed E-state index contributed by atoms with van der Waals surface area (Å²) in [4.78, 5) is 34.3. The van der Waals surface area contributed by atoms with Gasteiger partial charge in [-0.2, -0.15) is 0 Å². The number of benzene rings is 1. The highest BCUT2D eigenvalue weighted by atomic mass is 16.6. The van der Waals surface area contributed by atoms with Crippen LogP contribution in [0.2, 0.25) is 0 Å². The molecular formula is C17H21NO6. The van der Waals surface area contributed by atoms with Crippen LogP contribution in [0.3, 0.4) is 0 Å². The standard InChI is InChI=1S/C17H21NO6/c1-12(19)13-4-6-14(7-5-13)23-11-17(21)24-10-16(20)18-9-15-3-2-8-22-15/h4-7,15H,2-3,8-11H2,1H3,(H,18,20)/t15-/m0/s1. The number of nitrogens with one attached hydrogen (secondary N) is 1. The third-order valence-corrected chi connectivity index (χ3v) is 3.53. The summed E-state index contributed by atoms with van der Waals surface area (Å²) in [5, 5.41) is 2.66. The first-order valence-corrected chi connectivity index (χ1v) is 7.82. The van der Waals surface area contributed by atoms with E-state index in [4.69, 9.17) is 14.2 Å². The second-order valence-corrected chi connectivity index (χ2v) is 5.47. The zero-order valence-corrected chi connectivity index (χ0v) is 13.6. The lowest BCUT2D eigenvalue weighted by Crippen LogP contribution is -2.35. The van der Waals surface area contributed by atoms with Crippen LogP contribution in [-0.4, -0.2) is 50.1 Å². The van der Waals surface area contributed by atoms with E-state index in [1.165, 1.54) is 6.92 Å². The number of hydrogen-bond acceptors (Lipinski definition) is 6. The van der Waals surface area contributed by atoms with Crippen molar-refractivity contribution >= 4 is 17.7 Å². The molecule has 7 heteroatoms. The zero-order valence-electron chi connectivity index (χ0n) is 13.6. The molecule has 0 saturated carbocycles. The Morgan fingerprint density at radius 2 is 1.96 bits per heavy atom. The Hall–Kier alpha value is -2.41. The van der Waals surface area contributed by atoms with E-state index < -0.39 is 5.97 Å². The van der Waals surface area contributed by atoms with Gasteiger partial charge in [0.15, 0.2) is 19.0 Å². The van der Waals surface area contributed by atoms with Gasteiger partial charge in [0, 0.05) is 18.7 Å². The minimum atomic E-state index is -0.641. The highest BCUT2D eigenvalue weighted by Crippen LogP contribution is 2.12. The maximum Gasteiger partial charge on any atom is 0.344 e. The van der Waals surface area contributed by atoms with Crippen LogP contribution >= 0.6 is 0 Å². The molecular weight excluding hydrogens is 314 g/mol. The molecule has 1 heterocycles. The Balaban J connectivity index is 1.61. The molecule has 1 N–H and O–H groups in total. The Morgan fingerprint density at radius 1 is 1.21 bits per heavy atom. The van der Waals surface area contributed by atoms with Crippen LogP contribution in [0.5, 0.6) is 5.75 Å². The summed E-state index contributed by atoms with van der Waals surface area (Å²) in [5.74, 6) is -0.614. The van der Waals surface area contributed by atoms with E-state index in [-0.39, 0.29) is 31.0 Å². The lowest BCUT2D eigenvalue weighted by molar-refractivity contribution is -0.150. The summed E-state index contributed by atoms with van der Waals surface area (Å²) in [6.45, 7) is 1.96. The number of carbonyl (C=O) groups excluding carboxylic acids is 3. The highest BCUT2D eigenvalue weighted by Gasteiger charge is 2.16. The maximum absolute atomic E-state index is 11.6. The van der Waals surface area contributed by atoms with Crippen molar-refractivity contribution in [2.45, 2.75) is 25.9 Å². The first-order chi connectivity index (χ1) is 11.5.